The van der Waals surface area contributed by atoms with Gasteiger partial charge in [0.2, 0.25) is 5.91 Å². The van der Waals surface area contributed by atoms with E-state index in [4.69, 9.17) is 15.2 Å². The average molecular weight is 397 g/mol. The summed E-state index contributed by atoms with van der Waals surface area (Å²) in [5.74, 6) is 1.57. The van der Waals surface area contributed by atoms with Crippen LogP contribution in [0.25, 0.3) is 0 Å². The summed E-state index contributed by atoms with van der Waals surface area (Å²) in [6.45, 7) is 4.73. The lowest BCUT2D eigenvalue weighted by molar-refractivity contribution is -0.118. The molecule has 5 nitrogen and oxygen atoms in total. The maximum Gasteiger partial charge on any atom is 0.217 e. The predicted octanol–water partition coefficient (Wildman–Crippen LogP) is 3.79. The van der Waals surface area contributed by atoms with Gasteiger partial charge in [-0.3, -0.25) is 9.69 Å². The number of hydrogen-bond donors (Lipinski definition) is 1. The van der Waals surface area contributed by atoms with E-state index < -0.39 is 0 Å². The van der Waals surface area contributed by atoms with Gasteiger partial charge in [-0.15, -0.1) is 0 Å². The van der Waals surface area contributed by atoms with Crippen molar-refractivity contribution in [3.05, 3.63) is 59.7 Å². The molecular weight excluding hydrogens is 364 g/mol. The lowest BCUT2D eigenvalue weighted by Gasteiger charge is -2.16. The van der Waals surface area contributed by atoms with Crippen molar-refractivity contribution in [2.24, 2.45) is 5.73 Å². The second kappa shape index (κ2) is 11.5. The molecule has 0 aliphatic carbocycles. The Morgan fingerprint density at radius 3 is 2.45 bits per heavy atom. The molecule has 1 aliphatic rings. The Labute approximate surface area is 173 Å². The fraction of sp³-hybridized carbons (Fsp3) is 0.458. The number of hydrogen-bond acceptors (Lipinski definition) is 4. The summed E-state index contributed by atoms with van der Waals surface area (Å²) < 4.78 is 11.8. The monoisotopic (exact) mass is 396 g/mol. The van der Waals surface area contributed by atoms with Crippen LogP contribution in [0, 0.1) is 0 Å². The van der Waals surface area contributed by atoms with E-state index in [0.29, 0.717) is 13.0 Å². The van der Waals surface area contributed by atoms with Crippen molar-refractivity contribution in [3.8, 4) is 11.5 Å². The number of carbonyl (C=O) groups is 1. The van der Waals surface area contributed by atoms with E-state index >= 15 is 0 Å². The average Bonchev–Trinajstić information content (AvgIpc) is 3.23. The molecule has 0 unspecified atom stereocenters. The van der Waals surface area contributed by atoms with Crippen LogP contribution in [0.3, 0.4) is 0 Å². The summed E-state index contributed by atoms with van der Waals surface area (Å²) in [5.41, 5.74) is 7.57. The first-order chi connectivity index (χ1) is 14.2. The lowest BCUT2D eigenvalue weighted by atomic mass is 10.0. The molecule has 1 fully saturated rings. The fourth-order valence-corrected chi connectivity index (χ4v) is 3.60. The second-order valence-corrected chi connectivity index (χ2v) is 7.60. The summed E-state index contributed by atoms with van der Waals surface area (Å²) in [5, 5.41) is 0. The molecule has 0 saturated carbocycles. The minimum Gasteiger partial charge on any atom is -0.494 e. The first-order valence-corrected chi connectivity index (χ1v) is 10.6. The normalized spacial score (nSPS) is 14.1. The smallest absolute Gasteiger partial charge is 0.217 e. The number of nitrogens with two attached hydrogens (primary N) is 1. The number of nitrogens with zero attached hydrogens (tertiary/aromatic N) is 1. The highest BCUT2D eigenvalue weighted by atomic mass is 16.5. The molecular formula is C24H32N2O3. The maximum atomic E-state index is 10.7. The minimum absolute atomic E-state index is 0.255. The third-order valence-electron chi connectivity index (χ3n) is 5.24. The van der Waals surface area contributed by atoms with Gasteiger partial charge >= 0.3 is 0 Å². The van der Waals surface area contributed by atoms with Crippen molar-refractivity contribution >= 4 is 5.91 Å². The molecule has 5 heteroatoms. The molecule has 1 amide bonds. The van der Waals surface area contributed by atoms with Gasteiger partial charge in [-0.1, -0.05) is 30.3 Å². The van der Waals surface area contributed by atoms with Crippen molar-refractivity contribution in [1.29, 1.82) is 0 Å². The van der Waals surface area contributed by atoms with Gasteiger partial charge in [-0.25, -0.2) is 0 Å². The number of unbranched alkanes of at least 4 members (excludes halogenated alkanes) is 1. The standard InChI is InChI=1S/C24H32N2O3/c25-24(27)9-3-6-17-28-22-12-10-20(11-13-22)19-21-7-1-2-8-23(21)29-18-16-26-14-4-5-15-26/h1-2,7-8,10-13H,3-6,9,14-19H2,(H2,25,27). The Balaban J connectivity index is 1.46. The summed E-state index contributed by atoms with van der Waals surface area (Å²) in [4.78, 5) is 13.2. The maximum absolute atomic E-state index is 10.7. The Bertz CT molecular complexity index is 755. The van der Waals surface area contributed by atoms with Gasteiger partial charge < -0.3 is 15.2 Å². The van der Waals surface area contributed by atoms with Gasteiger partial charge in [0.05, 0.1) is 6.61 Å². The molecule has 156 valence electrons. The SMILES string of the molecule is NC(=O)CCCCOc1ccc(Cc2ccccc2OCCN2CCCC2)cc1. The van der Waals surface area contributed by atoms with E-state index in [0.717, 1.165) is 43.9 Å². The quantitative estimate of drug-likeness (QED) is 0.555. The second-order valence-electron chi connectivity index (χ2n) is 7.60. The molecule has 2 aromatic rings. The number of primary amides is 1. The topological polar surface area (TPSA) is 64.8 Å². The van der Waals surface area contributed by atoms with Gasteiger partial charge in [0, 0.05) is 19.4 Å². The van der Waals surface area contributed by atoms with Crippen molar-refractivity contribution in [3.63, 3.8) is 0 Å². The number of benzene rings is 2. The molecule has 0 bridgehead atoms. The van der Waals surface area contributed by atoms with E-state index in [1.807, 2.05) is 18.2 Å². The van der Waals surface area contributed by atoms with Crippen molar-refractivity contribution in [1.82, 2.24) is 4.90 Å². The van der Waals surface area contributed by atoms with Gasteiger partial charge in [0.1, 0.15) is 18.1 Å². The zero-order valence-electron chi connectivity index (χ0n) is 17.1. The number of carbonyl (C=O) groups excluding carboxylic acids is 1. The van der Waals surface area contributed by atoms with Crippen molar-refractivity contribution in [2.45, 2.75) is 38.5 Å². The molecule has 1 aliphatic heterocycles. The van der Waals surface area contributed by atoms with Crippen LogP contribution in [0.15, 0.2) is 48.5 Å². The third kappa shape index (κ3) is 7.42. The summed E-state index contributed by atoms with van der Waals surface area (Å²) in [6.07, 6.45) is 5.46. The van der Waals surface area contributed by atoms with Crippen molar-refractivity contribution in [2.75, 3.05) is 32.8 Å². The molecule has 29 heavy (non-hydrogen) atoms. The number of amides is 1. The van der Waals surface area contributed by atoms with Gasteiger partial charge in [-0.2, -0.15) is 0 Å². The zero-order valence-corrected chi connectivity index (χ0v) is 17.1. The number of likely N-dealkylation sites (tertiary alicyclic amines) is 1. The molecule has 1 saturated heterocycles. The highest BCUT2D eigenvalue weighted by Gasteiger charge is 2.11. The molecule has 0 spiro atoms. The first-order valence-electron chi connectivity index (χ1n) is 10.6. The predicted molar refractivity (Wildman–Crippen MR) is 115 cm³/mol. The summed E-state index contributed by atoms with van der Waals surface area (Å²) in [7, 11) is 0. The molecule has 1 heterocycles. The van der Waals surface area contributed by atoms with Crippen LogP contribution in [0.2, 0.25) is 0 Å². The number of ether oxygens (including phenoxy) is 2. The number of rotatable bonds is 12. The Morgan fingerprint density at radius 2 is 1.69 bits per heavy atom. The van der Waals surface area contributed by atoms with Gasteiger partial charge in [-0.05, 0) is 68.1 Å². The van der Waals surface area contributed by atoms with Crippen LogP contribution in [0.5, 0.6) is 11.5 Å². The fourth-order valence-electron chi connectivity index (χ4n) is 3.60. The van der Waals surface area contributed by atoms with Crippen molar-refractivity contribution < 1.29 is 14.3 Å². The Kier molecular flexibility index (Phi) is 8.38. The van der Waals surface area contributed by atoms with Crippen LogP contribution in [-0.2, 0) is 11.2 Å². The Hall–Kier alpha value is -2.53. The van der Waals surface area contributed by atoms with E-state index in [1.165, 1.54) is 37.1 Å². The van der Waals surface area contributed by atoms with Crippen LogP contribution < -0.4 is 15.2 Å². The third-order valence-corrected chi connectivity index (χ3v) is 5.24. The highest BCUT2D eigenvalue weighted by molar-refractivity contribution is 5.73. The van der Waals surface area contributed by atoms with E-state index in [1.54, 1.807) is 0 Å². The summed E-state index contributed by atoms with van der Waals surface area (Å²) in [6, 6.07) is 16.5. The van der Waals surface area contributed by atoms with E-state index in [9.17, 15) is 4.79 Å². The lowest BCUT2D eigenvalue weighted by Crippen LogP contribution is -2.25. The molecule has 0 radical (unpaired) electrons. The molecule has 2 N–H and O–H groups in total. The van der Waals surface area contributed by atoms with E-state index in [2.05, 4.69) is 35.2 Å². The van der Waals surface area contributed by atoms with Crippen LogP contribution in [0.1, 0.15) is 43.2 Å². The zero-order chi connectivity index (χ0) is 20.3. The molecule has 2 aromatic carbocycles. The van der Waals surface area contributed by atoms with Crippen LogP contribution in [-0.4, -0.2) is 43.7 Å². The molecule has 0 atom stereocenters. The largest absolute Gasteiger partial charge is 0.494 e. The Morgan fingerprint density at radius 1 is 0.931 bits per heavy atom. The number of para-hydroxylation sites is 1. The minimum atomic E-state index is -0.255. The summed E-state index contributed by atoms with van der Waals surface area (Å²) >= 11 is 0. The first kappa shape index (κ1) is 21.2. The molecule has 0 aromatic heterocycles. The molecule has 3 rings (SSSR count). The van der Waals surface area contributed by atoms with Gasteiger partial charge in [0.25, 0.3) is 0 Å². The van der Waals surface area contributed by atoms with Crippen LogP contribution in [0.4, 0.5) is 0 Å². The van der Waals surface area contributed by atoms with E-state index in [-0.39, 0.29) is 5.91 Å². The van der Waals surface area contributed by atoms with Gasteiger partial charge in [0.15, 0.2) is 0 Å². The van der Waals surface area contributed by atoms with Crippen LogP contribution >= 0.6 is 0 Å². The highest BCUT2D eigenvalue weighted by Crippen LogP contribution is 2.23.